The summed E-state index contributed by atoms with van der Waals surface area (Å²) >= 11 is 6.30. The number of pyridine rings is 1. The highest BCUT2D eigenvalue weighted by molar-refractivity contribution is 6.29. The fourth-order valence-electron chi connectivity index (χ4n) is 3.20. The zero-order chi connectivity index (χ0) is 21.5. The molecule has 0 spiro atoms. The monoisotopic (exact) mass is 430 g/mol. The van der Waals surface area contributed by atoms with Gasteiger partial charge >= 0.3 is 0 Å². The summed E-state index contributed by atoms with van der Waals surface area (Å²) in [4.78, 5) is 4.40. The van der Waals surface area contributed by atoms with Crippen LogP contribution < -0.4 is 14.8 Å². The number of benzene rings is 3. The zero-order valence-electron chi connectivity index (χ0n) is 17.2. The largest absolute Gasteiger partial charge is 0.497 e. The quantitative estimate of drug-likeness (QED) is 0.320. The Kier molecular flexibility index (Phi) is 6.70. The molecule has 1 aromatic heterocycles. The van der Waals surface area contributed by atoms with E-state index in [4.69, 9.17) is 21.1 Å². The minimum Gasteiger partial charge on any atom is -0.497 e. The van der Waals surface area contributed by atoms with E-state index >= 15 is 0 Å². The summed E-state index contributed by atoms with van der Waals surface area (Å²) in [5, 5.41) is 3.78. The van der Waals surface area contributed by atoms with Gasteiger partial charge in [0.25, 0.3) is 0 Å². The van der Waals surface area contributed by atoms with Crippen molar-refractivity contribution < 1.29 is 9.47 Å². The van der Waals surface area contributed by atoms with Crippen LogP contribution in [0.1, 0.15) is 11.1 Å². The maximum atomic E-state index is 6.30. The van der Waals surface area contributed by atoms with Crippen molar-refractivity contribution in [1.29, 1.82) is 0 Å². The minimum absolute atomic E-state index is 0.435. The lowest BCUT2D eigenvalue weighted by atomic mass is 10.1. The number of ether oxygens (including phenoxy) is 2. The molecule has 1 heterocycles. The average molecular weight is 431 g/mol. The van der Waals surface area contributed by atoms with Gasteiger partial charge in [0.1, 0.15) is 29.1 Å². The summed E-state index contributed by atoms with van der Waals surface area (Å²) in [5.41, 5.74) is 4.25. The van der Waals surface area contributed by atoms with Gasteiger partial charge in [-0.25, -0.2) is 4.98 Å². The second-order valence-corrected chi connectivity index (χ2v) is 7.45. The molecule has 4 nitrogen and oxygen atoms in total. The highest BCUT2D eigenvalue weighted by atomic mass is 35.5. The molecule has 0 aliphatic rings. The van der Waals surface area contributed by atoms with E-state index in [1.165, 1.54) is 0 Å². The van der Waals surface area contributed by atoms with Crippen LogP contribution in [-0.2, 0) is 13.2 Å². The lowest BCUT2D eigenvalue weighted by Crippen LogP contribution is -2.02. The first-order chi connectivity index (χ1) is 15.2. The second-order valence-electron chi connectivity index (χ2n) is 7.07. The standard InChI is InChI=1S/C26H23ClN2O2/c1-30-23-12-10-19(11-13-23)17-28-26-16-22(15-25(27)29-26)21-8-5-9-24(14-21)31-18-20-6-3-2-4-7-20/h2-16H,17-18H2,1H3,(H,28,29). The van der Waals surface area contributed by atoms with Crippen molar-refractivity contribution in [3.8, 4) is 22.6 Å². The van der Waals surface area contributed by atoms with E-state index < -0.39 is 0 Å². The fourth-order valence-corrected chi connectivity index (χ4v) is 3.41. The van der Waals surface area contributed by atoms with Crippen molar-refractivity contribution in [2.75, 3.05) is 12.4 Å². The number of halogens is 1. The van der Waals surface area contributed by atoms with Gasteiger partial charge in [-0.2, -0.15) is 0 Å². The Morgan fingerprint density at radius 3 is 2.35 bits per heavy atom. The first-order valence-corrected chi connectivity index (χ1v) is 10.4. The molecule has 0 atom stereocenters. The molecule has 0 bridgehead atoms. The number of aromatic nitrogens is 1. The molecule has 0 unspecified atom stereocenters. The van der Waals surface area contributed by atoms with Gasteiger partial charge in [0.15, 0.2) is 0 Å². The van der Waals surface area contributed by atoms with Crippen molar-refractivity contribution in [2.45, 2.75) is 13.2 Å². The lowest BCUT2D eigenvalue weighted by Gasteiger charge is -2.11. The molecule has 0 aliphatic heterocycles. The van der Waals surface area contributed by atoms with Gasteiger partial charge in [-0.15, -0.1) is 0 Å². The smallest absolute Gasteiger partial charge is 0.132 e. The molecule has 0 aliphatic carbocycles. The van der Waals surface area contributed by atoms with Crippen LogP contribution in [0.15, 0.2) is 91.0 Å². The van der Waals surface area contributed by atoms with Gasteiger partial charge in [-0.1, -0.05) is 66.2 Å². The van der Waals surface area contributed by atoms with E-state index in [9.17, 15) is 0 Å². The number of methoxy groups -OCH3 is 1. The molecule has 4 rings (SSSR count). The highest BCUT2D eigenvalue weighted by Gasteiger charge is 2.06. The maximum Gasteiger partial charge on any atom is 0.132 e. The molecular weight excluding hydrogens is 408 g/mol. The normalized spacial score (nSPS) is 10.5. The Balaban J connectivity index is 1.47. The molecule has 0 radical (unpaired) electrons. The third-order valence-corrected chi connectivity index (χ3v) is 5.04. The number of rotatable bonds is 8. The molecular formula is C26H23ClN2O2. The Bertz CT molecular complexity index is 1130. The van der Waals surface area contributed by atoms with Crippen LogP contribution in [0.3, 0.4) is 0 Å². The van der Waals surface area contributed by atoms with Gasteiger partial charge in [0.2, 0.25) is 0 Å². The maximum absolute atomic E-state index is 6.30. The number of hydrogen-bond acceptors (Lipinski definition) is 4. The van der Waals surface area contributed by atoms with Crippen LogP contribution in [0.4, 0.5) is 5.82 Å². The molecule has 3 aromatic carbocycles. The molecule has 0 saturated carbocycles. The van der Waals surface area contributed by atoms with E-state index in [1.54, 1.807) is 7.11 Å². The number of anilines is 1. The summed E-state index contributed by atoms with van der Waals surface area (Å²) in [5.74, 6) is 2.36. The van der Waals surface area contributed by atoms with E-state index in [2.05, 4.69) is 10.3 Å². The number of nitrogens with one attached hydrogen (secondary N) is 1. The molecule has 0 fully saturated rings. The number of nitrogens with zero attached hydrogens (tertiary/aromatic N) is 1. The summed E-state index contributed by atoms with van der Waals surface area (Å²) in [6, 6.07) is 29.9. The van der Waals surface area contributed by atoms with Crippen molar-refractivity contribution in [3.05, 3.63) is 107 Å². The van der Waals surface area contributed by atoms with E-state index in [0.29, 0.717) is 24.1 Å². The van der Waals surface area contributed by atoms with Crippen molar-refractivity contribution in [1.82, 2.24) is 4.98 Å². The predicted octanol–water partition coefficient (Wildman–Crippen LogP) is 6.60. The van der Waals surface area contributed by atoms with Crippen LogP contribution in [0.5, 0.6) is 11.5 Å². The van der Waals surface area contributed by atoms with Gasteiger partial charge in [0.05, 0.1) is 7.11 Å². The van der Waals surface area contributed by atoms with E-state index in [0.717, 1.165) is 33.8 Å². The summed E-state index contributed by atoms with van der Waals surface area (Å²) in [7, 11) is 1.66. The van der Waals surface area contributed by atoms with Gasteiger partial charge < -0.3 is 14.8 Å². The molecule has 4 aromatic rings. The second kappa shape index (κ2) is 10.0. The van der Waals surface area contributed by atoms with Crippen molar-refractivity contribution in [2.24, 2.45) is 0 Å². The van der Waals surface area contributed by atoms with Crippen molar-refractivity contribution in [3.63, 3.8) is 0 Å². The molecule has 1 N–H and O–H groups in total. The Morgan fingerprint density at radius 2 is 1.58 bits per heavy atom. The zero-order valence-corrected chi connectivity index (χ0v) is 18.0. The Hall–Kier alpha value is -3.50. The summed E-state index contributed by atoms with van der Waals surface area (Å²) in [6.45, 7) is 1.16. The van der Waals surface area contributed by atoms with Crippen LogP contribution in [0.2, 0.25) is 5.15 Å². The Morgan fingerprint density at radius 1 is 0.774 bits per heavy atom. The van der Waals surface area contributed by atoms with Crippen LogP contribution in [-0.4, -0.2) is 12.1 Å². The third-order valence-electron chi connectivity index (χ3n) is 4.84. The Labute approximate surface area is 187 Å². The molecule has 0 amide bonds. The molecule has 156 valence electrons. The topological polar surface area (TPSA) is 43.4 Å². The van der Waals surface area contributed by atoms with E-state index in [-0.39, 0.29) is 0 Å². The minimum atomic E-state index is 0.435. The first-order valence-electron chi connectivity index (χ1n) is 10.0. The van der Waals surface area contributed by atoms with Crippen LogP contribution in [0, 0.1) is 0 Å². The average Bonchev–Trinajstić information content (AvgIpc) is 2.82. The van der Waals surface area contributed by atoms with Gasteiger partial charge in [0, 0.05) is 6.54 Å². The van der Waals surface area contributed by atoms with Gasteiger partial charge in [-0.3, -0.25) is 0 Å². The van der Waals surface area contributed by atoms with Crippen LogP contribution in [0.25, 0.3) is 11.1 Å². The third kappa shape index (κ3) is 5.77. The van der Waals surface area contributed by atoms with Gasteiger partial charge in [-0.05, 0) is 58.7 Å². The molecule has 0 saturated heterocycles. The van der Waals surface area contributed by atoms with Crippen molar-refractivity contribution >= 4 is 17.4 Å². The number of hydrogen-bond donors (Lipinski definition) is 1. The SMILES string of the molecule is COc1ccc(CNc2cc(-c3cccc(OCc4ccccc4)c3)cc(Cl)n2)cc1. The lowest BCUT2D eigenvalue weighted by molar-refractivity contribution is 0.306. The van der Waals surface area contributed by atoms with Crippen LogP contribution >= 0.6 is 11.6 Å². The fraction of sp³-hybridized carbons (Fsp3) is 0.115. The molecule has 31 heavy (non-hydrogen) atoms. The first kappa shape index (κ1) is 20.8. The summed E-state index contributed by atoms with van der Waals surface area (Å²) in [6.07, 6.45) is 0. The predicted molar refractivity (Wildman–Crippen MR) is 126 cm³/mol. The summed E-state index contributed by atoms with van der Waals surface area (Å²) < 4.78 is 11.2. The highest BCUT2D eigenvalue weighted by Crippen LogP contribution is 2.28. The van der Waals surface area contributed by atoms with E-state index in [1.807, 2.05) is 91.0 Å². The molecule has 5 heteroatoms.